The molecule has 0 spiro atoms. The lowest BCUT2D eigenvalue weighted by Crippen LogP contribution is -2.42. The van der Waals surface area contributed by atoms with E-state index >= 15 is 0 Å². The third-order valence-electron chi connectivity index (χ3n) is 5.73. The number of amides is 1. The average molecular weight is 569 g/mol. The van der Waals surface area contributed by atoms with Crippen LogP contribution in [0.25, 0.3) is 0 Å². The molecule has 0 saturated carbocycles. The Hall–Kier alpha value is -2.21. The van der Waals surface area contributed by atoms with Crippen molar-refractivity contribution >= 4 is 44.5 Å². The first kappa shape index (κ1) is 28.4. The van der Waals surface area contributed by atoms with Gasteiger partial charge in [0, 0.05) is 30.4 Å². The largest absolute Gasteiger partial charge is 0.435 e. The van der Waals surface area contributed by atoms with Crippen LogP contribution in [0.3, 0.4) is 0 Å². The molecule has 1 aliphatic heterocycles. The number of carbonyl (C=O) groups excluding carboxylic acids is 1. The van der Waals surface area contributed by atoms with Gasteiger partial charge in [-0.15, -0.1) is 0 Å². The van der Waals surface area contributed by atoms with Gasteiger partial charge in [0.1, 0.15) is 0 Å². The highest BCUT2D eigenvalue weighted by molar-refractivity contribution is 7.93. The van der Waals surface area contributed by atoms with Crippen molar-refractivity contribution < 1.29 is 36.1 Å². The summed E-state index contributed by atoms with van der Waals surface area (Å²) < 4.78 is 78.1. The second-order valence-corrected chi connectivity index (χ2v) is 11.6. The lowest BCUT2D eigenvalue weighted by Gasteiger charge is -2.29. The number of aryl methyl sites for hydroxylation is 1. The lowest BCUT2D eigenvalue weighted by atomic mass is 9.86. The number of ether oxygens (including phenoxy) is 1. The Morgan fingerprint density at radius 2 is 1.89 bits per heavy atom. The zero-order valence-electron chi connectivity index (χ0n) is 19.4. The van der Waals surface area contributed by atoms with E-state index in [1.807, 2.05) is 0 Å². The first-order chi connectivity index (χ1) is 16.8. The number of oxime groups is 1. The van der Waals surface area contributed by atoms with Crippen LogP contribution in [0.5, 0.6) is 0 Å². The van der Waals surface area contributed by atoms with Crippen molar-refractivity contribution in [1.82, 2.24) is 0 Å². The number of nitrogens with zero attached hydrogens (tertiary/aromatic N) is 2. The highest BCUT2D eigenvalue weighted by Gasteiger charge is 2.62. The predicted octanol–water partition coefficient (Wildman–Crippen LogP) is 6.30. The number of halogens is 6. The smallest absolute Gasteiger partial charge is 0.384 e. The van der Waals surface area contributed by atoms with Gasteiger partial charge < -0.3 is 9.57 Å². The molecule has 3 rings (SSSR count). The van der Waals surface area contributed by atoms with E-state index in [4.69, 9.17) is 32.8 Å². The number of hydrogen-bond donors (Lipinski definition) is 0. The molecule has 1 heterocycles. The molecule has 0 radical (unpaired) electrons. The molecular formula is C23H22Cl2F4N2O4S. The van der Waals surface area contributed by atoms with Gasteiger partial charge in [-0.2, -0.15) is 17.5 Å². The first-order valence-corrected chi connectivity index (χ1v) is 13.2. The van der Waals surface area contributed by atoms with Gasteiger partial charge in [-0.25, -0.2) is 8.60 Å². The summed E-state index contributed by atoms with van der Waals surface area (Å²) in [6.45, 7) is 3.39. The Morgan fingerprint density at radius 1 is 1.25 bits per heavy atom. The number of hydrogen-bond acceptors (Lipinski definition) is 5. The summed E-state index contributed by atoms with van der Waals surface area (Å²) in [6, 6.07) is 5.85. The molecule has 0 aliphatic carbocycles. The molecule has 0 bridgehead atoms. The molecule has 6 nitrogen and oxygen atoms in total. The van der Waals surface area contributed by atoms with Gasteiger partial charge in [0.25, 0.3) is 11.5 Å². The normalized spacial score (nSPS) is 19.4. The fraction of sp³-hybridized carbons (Fsp3) is 0.391. The molecule has 0 fully saturated rings. The van der Waals surface area contributed by atoms with Gasteiger partial charge in [0.2, 0.25) is 0 Å². The third kappa shape index (κ3) is 5.53. The minimum Gasteiger partial charge on any atom is -0.384 e. The fourth-order valence-corrected chi connectivity index (χ4v) is 5.42. The van der Waals surface area contributed by atoms with E-state index in [0.29, 0.717) is 5.56 Å². The number of carbonyl (C=O) groups is 1. The molecule has 2 aromatic rings. The van der Waals surface area contributed by atoms with E-state index in [0.717, 1.165) is 12.1 Å². The molecule has 0 N–H and O–H groups in total. The van der Waals surface area contributed by atoms with Gasteiger partial charge in [-0.05, 0) is 42.3 Å². The van der Waals surface area contributed by atoms with Crippen LogP contribution in [0.2, 0.25) is 10.0 Å². The summed E-state index contributed by atoms with van der Waals surface area (Å²) >= 11 is 11.5. The van der Waals surface area contributed by atoms with Crippen LogP contribution in [0.1, 0.15) is 40.4 Å². The predicted molar refractivity (Wildman–Crippen MR) is 130 cm³/mol. The number of methoxy groups -OCH3 is 1. The second kappa shape index (κ2) is 10.6. The summed E-state index contributed by atoms with van der Waals surface area (Å²) in [6.07, 6.45) is -5.69. The van der Waals surface area contributed by atoms with Crippen molar-refractivity contribution in [2.24, 2.45) is 9.52 Å². The molecule has 36 heavy (non-hydrogen) atoms. The monoisotopic (exact) mass is 568 g/mol. The average Bonchev–Trinajstić information content (AvgIpc) is 3.28. The molecule has 0 aromatic heterocycles. The summed E-state index contributed by atoms with van der Waals surface area (Å²) in [4.78, 5) is 17.6. The number of alkyl halides is 3. The van der Waals surface area contributed by atoms with E-state index in [1.54, 1.807) is 13.8 Å². The summed E-state index contributed by atoms with van der Waals surface area (Å²) in [5.74, 6) is -1.50. The Morgan fingerprint density at radius 3 is 2.42 bits per heavy atom. The summed E-state index contributed by atoms with van der Waals surface area (Å²) in [7, 11) is -1.37. The Labute approximate surface area is 215 Å². The maximum atomic E-state index is 14.2. The van der Waals surface area contributed by atoms with E-state index in [-0.39, 0.29) is 35.0 Å². The van der Waals surface area contributed by atoms with Crippen LogP contribution in [0.4, 0.5) is 17.6 Å². The SMILES string of the molecule is CCS(=O)(CCOC)=NC(=O)c1ccc(C2=NOC(c3cc(Cl)c(F)c(Cl)c3)(C(F)(F)F)C2)cc1C. The lowest BCUT2D eigenvalue weighted by molar-refractivity contribution is -0.275. The topological polar surface area (TPSA) is 77.3 Å². The van der Waals surface area contributed by atoms with Gasteiger partial charge in [0.05, 0.1) is 37.8 Å². The molecule has 13 heteroatoms. The quantitative estimate of drug-likeness (QED) is 0.290. The van der Waals surface area contributed by atoms with Crippen molar-refractivity contribution in [1.29, 1.82) is 0 Å². The zero-order valence-corrected chi connectivity index (χ0v) is 21.7. The molecule has 2 unspecified atom stereocenters. The van der Waals surface area contributed by atoms with Crippen molar-refractivity contribution in [2.45, 2.75) is 32.0 Å². The van der Waals surface area contributed by atoms with Crippen molar-refractivity contribution in [3.05, 3.63) is 68.4 Å². The van der Waals surface area contributed by atoms with Gasteiger partial charge in [0.15, 0.2) is 5.82 Å². The molecule has 196 valence electrons. The Bertz CT molecular complexity index is 1320. The number of rotatable bonds is 7. The summed E-state index contributed by atoms with van der Waals surface area (Å²) in [5, 5.41) is 2.48. The van der Waals surface area contributed by atoms with Gasteiger partial charge >= 0.3 is 6.18 Å². The Kier molecular flexibility index (Phi) is 8.39. The first-order valence-electron chi connectivity index (χ1n) is 10.6. The van der Waals surface area contributed by atoms with Crippen molar-refractivity contribution in [2.75, 3.05) is 25.2 Å². The van der Waals surface area contributed by atoms with E-state index in [9.17, 15) is 26.6 Å². The van der Waals surface area contributed by atoms with Crippen LogP contribution < -0.4 is 0 Å². The van der Waals surface area contributed by atoms with E-state index in [2.05, 4.69) is 9.52 Å². The summed E-state index contributed by atoms with van der Waals surface area (Å²) in [5.41, 5.74) is -2.68. The van der Waals surface area contributed by atoms with E-state index in [1.165, 1.54) is 25.3 Å². The highest BCUT2D eigenvalue weighted by Crippen LogP contribution is 2.50. The van der Waals surface area contributed by atoms with Crippen LogP contribution >= 0.6 is 23.2 Å². The molecule has 2 atom stereocenters. The molecule has 1 aliphatic rings. The molecule has 1 amide bonds. The second-order valence-electron chi connectivity index (χ2n) is 8.07. The standard InChI is InChI=1S/C23H22Cl2F4N2O4S/c1-4-36(33,8-7-34-3)31-21(32)16-6-5-14(9-13(16)2)19-12-22(35-30-19,23(27,28)29)15-10-17(24)20(26)18(25)11-15/h5-6,9-11H,4,7-8,12H2,1-3H3. The van der Waals surface area contributed by atoms with Gasteiger partial charge in [-0.1, -0.05) is 41.3 Å². The molecule has 2 aromatic carbocycles. The zero-order chi connectivity index (χ0) is 26.9. The third-order valence-corrected chi connectivity index (χ3v) is 8.49. The van der Waals surface area contributed by atoms with Crippen molar-refractivity contribution in [3.8, 4) is 0 Å². The maximum absolute atomic E-state index is 14.2. The minimum absolute atomic E-state index is 0.0552. The van der Waals surface area contributed by atoms with Crippen LogP contribution in [-0.4, -0.2) is 47.2 Å². The van der Waals surface area contributed by atoms with Crippen LogP contribution in [0, 0.1) is 12.7 Å². The van der Waals surface area contributed by atoms with Crippen molar-refractivity contribution in [3.63, 3.8) is 0 Å². The molecule has 0 saturated heterocycles. The van der Waals surface area contributed by atoms with E-state index < -0.39 is 55.3 Å². The van der Waals surface area contributed by atoms with Crippen LogP contribution in [-0.2, 0) is 24.9 Å². The van der Waals surface area contributed by atoms with Crippen LogP contribution in [0.15, 0.2) is 39.9 Å². The number of benzene rings is 2. The Balaban J connectivity index is 1.94. The maximum Gasteiger partial charge on any atom is 0.435 e. The minimum atomic E-state index is -4.95. The molecular weight excluding hydrogens is 547 g/mol. The highest BCUT2D eigenvalue weighted by atomic mass is 35.5. The van der Waals surface area contributed by atoms with Gasteiger partial charge in [-0.3, -0.25) is 4.79 Å². The fourth-order valence-electron chi connectivity index (χ4n) is 3.60.